The maximum Gasteiger partial charge on any atom is 0.110 e. The minimum Gasteiger partial charge on any atom is -0.391 e. The first-order chi connectivity index (χ1) is 12.6. The molecular formula is C22H30N2O2. The van der Waals surface area contributed by atoms with Gasteiger partial charge in [0.05, 0.1) is 18.2 Å². The van der Waals surface area contributed by atoms with E-state index in [2.05, 4.69) is 46.6 Å². The van der Waals surface area contributed by atoms with Gasteiger partial charge >= 0.3 is 0 Å². The van der Waals surface area contributed by atoms with Crippen LogP contribution in [0.25, 0.3) is 0 Å². The zero-order valence-corrected chi connectivity index (χ0v) is 16.1. The Bertz CT molecular complexity index is 732. The second-order valence-corrected chi connectivity index (χ2v) is 7.38. The summed E-state index contributed by atoms with van der Waals surface area (Å²) in [4.78, 5) is 2.08. The van der Waals surface area contributed by atoms with E-state index in [4.69, 9.17) is 4.74 Å². The largest absolute Gasteiger partial charge is 0.391 e. The number of nitrogens with zero attached hydrogens (tertiary/aromatic N) is 1. The second-order valence-electron chi connectivity index (χ2n) is 7.38. The van der Waals surface area contributed by atoms with Gasteiger partial charge in [0.2, 0.25) is 0 Å². The Balaban J connectivity index is 0.000000134. The van der Waals surface area contributed by atoms with Crippen molar-refractivity contribution in [3.05, 3.63) is 70.8 Å². The topological polar surface area (TPSA) is 48.0 Å². The molecule has 2 N–H and O–H groups in total. The Kier molecular flexibility index (Phi) is 6.09. The average molecular weight is 354 g/mol. The first kappa shape index (κ1) is 19.1. The van der Waals surface area contributed by atoms with Crippen LogP contribution in [0, 0.1) is 0 Å². The molecule has 1 fully saturated rings. The molecule has 140 valence electrons. The summed E-state index contributed by atoms with van der Waals surface area (Å²) in [6.07, 6.45) is 2.70. The fourth-order valence-electron chi connectivity index (χ4n) is 3.96. The number of ether oxygens (including phenoxy) is 1. The SMILES string of the molecule is CN(C)[C@@H]1c2ccccc2C[C@H]1O.CNC.c1ccc2c(c1)C[C@H]1O[C@@H]21. The van der Waals surface area contributed by atoms with E-state index in [1.807, 2.05) is 40.3 Å². The van der Waals surface area contributed by atoms with E-state index < -0.39 is 0 Å². The lowest BCUT2D eigenvalue weighted by Crippen LogP contribution is -2.27. The number of aliphatic hydroxyl groups excluding tert-OH is 1. The average Bonchev–Trinajstić information content (AvgIpc) is 3.16. The van der Waals surface area contributed by atoms with Crippen molar-refractivity contribution >= 4 is 0 Å². The molecule has 0 saturated carbocycles. The van der Waals surface area contributed by atoms with E-state index in [1.165, 1.54) is 22.3 Å². The van der Waals surface area contributed by atoms with Gasteiger partial charge in [-0.2, -0.15) is 0 Å². The van der Waals surface area contributed by atoms with E-state index >= 15 is 0 Å². The molecule has 0 aromatic heterocycles. The molecule has 0 spiro atoms. The van der Waals surface area contributed by atoms with E-state index in [9.17, 15) is 5.11 Å². The number of epoxide rings is 1. The van der Waals surface area contributed by atoms with Crippen LogP contribution < -0.4 is 5.32 Å². The molecule has 0 amide bonds. The summed E-state index contributed by atoms with van der Waals surface area (Å²) in [5, 5.41) is 12.6. The van der Waals surface area contributed by atoms with E-state index in [0.29, 0.717) is 12.2 Å². The van der Waals surface area contributed by atoms with Crippen molar-refractivity contribution < 1.29 is 9.84 Å². The van der Waals surface area contributed by atoms with Crippen molar-refractivity contribution in [1.29, 1.82) is 0 Å². The molecule has 0 unspecified atom stereocenters. The highest BCUT2D eigenvalue weighted by molar-refractivity contribution is 5.39. The number of hydrogen-bond acceptors (Lipinski definition) is 4. The maximum absolute atomic E-state index is 9.84. The Morgan fingerprint density at radius 2 is 1.46 bits per heavy atom. The number of likely N-dealkylation sites (N-methyl/N-ethyl adjacent to an activating group) is 1. The molecule has 4 nitrogen and oxygen atoms in total. The fourth-order valence-corrected chi connectivity index (χ4v) is 3.96. The quantitative estimate of drug-likeness (QED) is 0.773. The Labute approximate surface area is 156 Å². The Morgan fingerprint density at radius 1 is 0.923 bits per heavy atom. The van der Waals surface area contributed by atoms with Crippen LogP contribution in [-0.2, 0) is 17.6 Å². The second kappa shape index (κ2) is 8.31. The summed E-state index contributed by atoms with van der Waals surface area (Å²) >= 11 is 0. The van der Waals surface area contributed by atoms with Crippen LogP contribution in [0.1, 0.15) is 34.4 Å². The number of aliphatic hydroxyl groups is 1. The molecule has 4 heteroatoms. The fraction of sp³-hybridized carbons (Fsp3) is 0.455. The number of fused-ring (bicyclic) bond motifs is 4. The molecule has 5 rings (SSSR count). The van der Waals surface area contributed by atoms with Gasteiger partial charge in [-0.05, 0) is 50.4 Å². The molecule has 26 heavy (non-hydrogen) atoms. The van der Waals surface area contributed by atoms with Crippen LogP contribution in [0.2, 0.25) is 0 Å². The molecular weight excluding hydrogens is 324 g/mol. The smallest absolute Gasteiger partial charge is 0.110 e. The van der Waals surface area contributed by atoms with Crippen LogP contribution >= 0.6 is 0 Å². The van der Waals surface area contributed by atoms with Crippen molar-refractivity contribution in [2.24, 2.45) is 0 Å². The number of nitrogens with one attached hydrogen (secondary N) is 1. The first-order valence-electron chi connectivity index (χ1n) is 9.30. The monoisotopic (exact) mass is 354 g/mol. The molecule has 2 aliphatic carbocycles. The molecule has 2 aromatic carbocycles. The van der Waals surface area contributed by atoms with Gasteiger partial charge in [-0.25, -0.2) is 0 Å². The van der Waals surface area contributed by atoms with E-state index in [1.54, 1.807) is 0 Å². The highest BCUT2D eigenvalue weighted by atomic mass is 16.6. The zero-order valence-electron chi connectivity index (χ0n) is 16.1. The van der Waals surface area contributed by atoms with Crippen molar-refractivity contribution in [2.75, 3.05) is 28.2 Å². The third kappa shape index (κ3) is 3.99. The third-order valence-electron chi connectivity index (χ3n) is 5.09. The molecule has 2 aromatic rings. The predicted molar refractivity (Wildman–Crippen MR) is 105 cm³/mol. The summed E-state index contributed by atoms with van der Waals surface area (Å²) in [6.45, 7) is 0. The Hall–Kier alpha value is -1.72. The molecule has 3 aliphatic rings. The molecule has 1 saturated heterocycles. The third-order valence-corrected chi connectivity index (χ3v) is 5.09. The minimum absolute atomic E-state index is 0.177. The van der Waals surface area contributed by atoms with Gasteiger partial charge in [0.25, 0.3) is 0 Å². The van der Waals surface area contributed by atoms with Gasteiger partial charge in [-0.1, -0.05) is 48.5 Å². The lowest BCUT2D eigenvalue weighted by molar-refractivity contribution is 0.0902. The van der Waals surface area contributed by atoms with E-state index in [-0.39, 0.29) is 12.1 Å². The van der Waals surface area contributed by atoms with Crippen LogP contribution in [0.15, 0.2) is 48.5 Å². The van der Waals surface area contributed by atoms with Crippen LogP contribution in [0.3, 0.4) is 0 Å². The molecule has 0 bridgehead atoms. The van der Waals surface area contributed by atoms with Gasteiger partial charge in [-0.15, -0.1) is 0 Å². The van der Waals surface area contributed by atoms with Gasteiger partial charge < -0.3 is 20.1 Å². The number of rotatable bonds is 1. The van der Waals surface area contributed by atoms with Crippen molar-refractivity contribution in [3.63, 3.8) is 0 Å². The first-order valence-corrected chi connectivity index (χ1v) is 9.30. The van der Waals surface area contributed by atoms with Gasteiger partial charge in [0.1, 0.15) is 6.10 Å². The molecule has 1 heterocycles. The lowest BCUT2D eigenvalue weighted by atomic mass is 10.1. The van der Waals surface area contributed by atoms with Crippen LogP contribution in [0.5, 0.6) is 0 Å². The van der Waals surface area contributed by atoms with Crippen LogP contribution in [-0.4, -0.2) is 50.4 Å². The molecule has 0 radical (unpaired) electrons. The van der Waals surface area contributed by atoms with E-state index in [0.717, 1.165) is 12.8 Å². The summed E-state index contributed by atoms with van der Waals surface area (Å²) in [6, 6.07) is 17.0. The van der Waals surface area contributed by atoms with Crippen molar-refractivity contribution in [1.82, 2.24) is 10.2 Å². The maximum atomic E-state index is 9.84. The van der Waals surface area contributed by atoms with Gasteiger partial charge in [0, 0.05) is 12.8 Å². The number of benzene rings is 2. The summed E-state index contributed by atoms with van der Waals surface area (Å²) in [7, 11) is 7.77. The zero-order chi connectivity index (χ0) is 18.7. The van der Waals surface area contributed by atoms with Gasteiger partial charge in [-0.3, -0.25) is 0 Å². The summed E-state index contributed by atoms with van der Waals surface area (Å²) in [5.74, 6) is 0. The normalized spacial score (nSPS) is 26.7. The van der Waals surface area contributed by atoms with Gasteiger partial charge in [0.15, 0.2) is 0 Å². The highest BCUT2D eigenvalue weighted by Crippen LogP contribution is 2.48. The summed E-state index contributed by atoms with van der Waals surface area (Å²) in [5.41, 5.74) is 5.48. The van der Waals surface area contributed by atoms with Crippen molar-refractivity contribution in [3.8, 4) is 0 Å². The Morgan fingerprint density at radius 3 is 2.04 bits per heavy atom. The summed E-state index contributed by atoms with van der Waals surface area (Å²) < 4.78 is 5.38. The van der Waals surface area contributed by atoms with Crippen molar-refractivity contribution in [2.45, 2.75) is 37.2 Å². The molecule has 1 aliphatic heterocycles. The highest BCUT2D eigenvalue weighted by Gasteiger charge is 2.46. The standard InChI is InChI=1S/C11H15NO.C9H8O.C2H7N/c1-12(2)11-9-6-4-3-5-8(9)7-10(11)13;1-2-4-7-6(3-1)5-8-9(7)10-8;1-3-2/h3-6,10-11,13H,7H2,1-2H3;1-4,8-9H,5H2;3H,1-2H3/t10-,11-;8-,9+;/m11./s1. The molecule has 4 atom stereocenters. The lowest BCUT2D eigenvalue weighted by Gasteiger charge is -2.23. The minimum atomic E-state index is -0.243. The number of hydrogen-bond donors (Lipinski definition) is 2. The van der Waals surface area contributed by atoms with Crippen LogP contribution in [0.4, 0.5) is 0 Å². The predicted octanol–water partition coefficient (Wildman–Crippen LogP) is 2.72.